The van der Waals surface area contributed by atoms with Crippen molar-refractivity contribution in [2.24, 2.45) is 0 Å². The molecular formula is C14H26N2O2. The van der Waals surface area contributed by atoms with E-state index in [0.717, 1.165) is 19.5 Å². The van der Waals surface area contributed by atoms with Crippen molar-refractivity contribution in [1.82, 2.24) is 10.2 Å². The van der Waals surface area contributed by atoms with Crippen molar-refractivity contribution in [3.8, 4) is 0 Å². The van der Waals surface area contributed by atoms with E-state index in [9.17, 15) is 4.79 Å². The zero-order chi connectivity index (χ0) is 13.0. The highest BCUT2D eigenvalue weighted by molar-refractivity contribution is 5.82. The normalized spacial score (nSPS) is 29.4. The number of hydrogen-bond donors (Lipinski definition) is 1. The Bertz CT molecular complexity index is 277. The van der Waals surface area contributed by atoms with E-state index in [0.29, 0.717) is 6.04 Å². The van der Waals surface area contributed by atoms with Crippen molar-refractivity contribution in [3.63, 3.8) is 0 Å². The largest absolute Gasteiger partial charge is 0.380 e. The summed E-state index contributed by atoms with van der Waals surface area (Å²) in [5.74, 6) is 0.281. The van der Waals surface area contributed by atoms with E-state index in [1.807, 2.05) is 0 Å². The lowest BCUT2D eigenvalue weighted by Gasteiger charge is -2.35. The number of likely N-dealkylation sites (N-methyl/N-ethyl adjacent to an activating group) is 1. The van der Waals surface area contributed by atoms with Crippen LogP contribution in [0.4, 0.5) is 0 Å². The molecule has 4 nitrogen and oxygen atoms in total. The van der Waals surface area contributed by atoms with Gasteiger partial charge in [-0.05, 0) is 26.2 Å². The number of nitrogens with zero attached hydrogens (tertiary/aromatic N) is 1. The molecule has 1 aliphatic carbocycles. The van der Waals surface area contributed by atoms with Crippen LogP contribution in [0.3, 0.4) is 0 Å². The molecule has 2 fully saturated rings. The number of nitrogens with one attached hydrogen (secondary N) is 1. The minimum absolute atomic E-state index is 0.0307. The topological polar surface area (TPSA) is 41.6 Å². The molecule has 1 heterocycles. The molecule has 1 saturated carbocycles. The van der Waals surface area contributed by atoms with E-state index < -0.39 is 0 Å². The SMILES string of the molecule is CCN(C(=O)C1CC(OC)CN1)C1CCCCC1. The van der Waals surface area contributed by atoms with E-state index in [1.165, 1.54) is 32.1 Å². The van der Waals surface area contributed by atoms with Crippen molar-refractivity contribution in [3.05, 3.63) is 0 Å². The highest BCUT2D eigenvalue weighted by atomic mass is 16.5. The van der Waals surface area contributed by atoms with Gasteiger partial charge < -0.3 is 15.0 Å². The second-order valence-electron chi connectivity index (χ2n) is 5.47. The molecule has 2 unspecified atom stereocenters. The van der Waals surface area contributed by atoms with Crippen LogP contribution in [0, 0.1) is 0 Å². The Kier molecular flexibility index (Phi) is 5.01. The Hall–Kier alpha value is -0.610. The maximum Gasteiger partial charge on any atom is 0.240 e. The molecule has 18 heavy (non-hydrogen) atoms. The third-order valence-electron chi connectivity index (χ3n) is 4.36. The molecule has 2 atom stereocenters. The molecule has 1 N–H and O–H groups in total. The van der Waals surface area contributed by atoms with Gasteiger partial charge in [-0.25, -0.2) is 0 Å². The number of methoxy groups -OCH3 is 1. The maximum absolute atomic E-state index is 12.5. The summed E-state index contributed by atoms with van der Waals surface area (Å²) in [4.78, 5) is 14.6. The number of rotatable bonds is 4. The summed E-state index contributed by atoms with van der Waals surface area (Å²) in [5, 5.41) is 3.30. The average molecular weight is 254 g/mol. The molecular weight excluding hydrogens is 228 g/mol. The van der Waals surface area contributed by atoms with Crippen molar-refractivity contribution < 1.29 is 9.53 Å². The minimum Gasteiger partial charge on any atom is -0.380 e. The number of hydrogen-bond acceptors (Lipinski definition) is 3. The van der Waals surface area contributed by atoms with Crippen molar-refractivity contribution >= 4 is 5.91 Å². The van der Waals surface area contributed by atoms with E-state index in [-0.39, 0.29) is 18.1 Å². The zero-order valence-corrected chi connectivity index (χ0v) is 11.7. The maximum atomic E-state index is 12.5. The van der Waals surface area contributed by atoms with E-state index in [1.54, 1.807) is 7.11 Å². The quantitative estimate of drug-likeness (QED) is 0.827. The van der Waals surface area contributed by atoms with Gasteiger partial charge in [0.15, 0.2) is 0 Å². The molecule has 2 rings (SSSR count). The van der Waals surface area contributed by atoms with Crippen molar-refractivity contribution in [2.45, 2.75) is 63.6 Å². The van der Waals surface area contributed by atoms with Gasteiger partial charge in [0.05, 0.1) is 12.1 Å². The van der Waals surface area contributed by atoms with Crippen LogP contribution < -0.4 is 5.32 Å². The molecule has 0 aromatic heterocycles. The van der Waals surface area contributed by atoms with Crippen LogP contribution in [0.2, 0.25) is 0 Å². The Morgan fingerprint density at radius 3 is 2.61 bits per heavy atom. The summed E-state index contributed by atoms with van der Waals surface area (Å²) < 4.78 is 5.32. The second kappa shape index (κ2) is 6.53. The van der Waals surface area contributed by atoms with Gasteiger partial charge in [-0.2, -0.15) is 0 Å². The first kappa shape index (κ1) is 13.8. The number of ether oxygens (including phenoxy) is 1. The summed E-state index contributed by atoms with van der Waals surface area (Å²) in [6, 6.07) is 0.441. The van der Waals surface area contributed by atoms with Gasteiger partial charge in [-0.15, -0.1) is 0 Å². The fraction of sp³-hybridized carbons (Fsp3) is 0.929. The van der Waals surface area contributed by atoms with Gasteiger partial charge in [0.25, 0.3) is 0 Å². The average Bonchev–Trinajstić information content (AvgIpc) is 2.89. The summed E-state index contributed by atoms with van der Waals surface area (Å²) in [6.45, 7) is 3.73. The molecule has 104 valence electrons. The molecule has 0 radical (unpaired) electrons. The fourth-order valence-electron chi connectivity index (χ4n) is 3.26. The molecule has 0 aromatic rings. The lowest BCUT2D eigenvalue weighted by Crippen LogP contribution is -2.49. The predicted octanol–water partition coefficient (Wildman–Crippen LogP) is 1.54. The van der Waals surface area contributed by atoms with E-state index in [2.05, 4.69) is 17.1 Å². The van der Waals surface area contributed by atoms with Gasteiger partial charge in [0.1, 0.15) is 0 Å². The third kappa shape index (κ3) is 3.04. The van der Waals surface area contributed by atoms with Gasteiger partial charge >= 0.3 is 0 Å². The first-order valence-corrected chi connectivity index (χ1v) is 7.33. The van der Waals surface area contributed by atoms with Crippen LogP contribution in [0.1, 0.15) is 45.4 Å². The Labute approximate surface area is 110 Å². The molecule has 2 aliphatic rings. The third-order valence-corrected chi connectivity index (χ3v) is 4.36. The van der Waals surface area contributed by atoms with E-state index >= 15 is 0 Å². The molecule has 1 amide bonds. The van der Waals surface area contributed by atoms with Crippen molar-refractivity contribution in [1.29, 1.82) is 0 Å². The fourth-order valence-corrected chi connectivity index (χ4v) is 3.26. The Morgan fingerprint density at radius 1 is 1.33 bits per heavy atom. The Morgan fingerprint density at radius 2 is 2.06 bits per heavy atom. The lowest BCUT2D eigenvalue weighted by atomic mass is 9.93. The summed E-state index contributed by atoms with van der Waals surface area (Å²) >= 11 is 0. The number of carbonyl (C=O) groups excluding carboxylic acids is 1. The summed E-state index contributed by atoms with van der Waals surface area (Å²) in [5.41, 5.74) is 0. The number of amides is 1. The van der Waals surface area contributed by atoms with Gasteiger partial charge in [0, 0.05) is 26.2 Å². The van der Waals surface area contributed by atoms with Gasteiger partial charge in [-0.3, -0.25) is 4.79 Å². The first-order valence-electron chi connectivity index (χ1n) is 7.33. The summed E-state index contributed by atoms with van der Waals surface area (Å²) in [7, 11) is 1.72. The van der Waals surface area contributed by atoms with Crippen LogP contribution in [0.5, 0.6) is 0 Å². The smallest absolute Gasteiger partial charge is 0.240 e. The highest BCUT2D eigenvalue weighted by Crippen LogP contribution is 2.24. The minimum atomic E-state index is -0.0307. The summed E-state index contributed by atoms with van der Waals surface area (Å²) in [6.07, 6.45) is 7.25. The highest BCUT2D eigenvalue weighted by Gasteiger charge is 2.34. The predicted molar refractivity (Wildman–Crippen MR) is 71.5 cm³/mol. The van der Waals surface area contributed by atoms with E-state index in [4.69, 9.17) is 4.74 Å². The zero-order valence-electron chi connectivity index (χ0n) is 11.7. The second-order valence-corrected chi connectivity index (χ2v) is 5.47. The molecule has 0 bridgehead atoms. The molecule has 1 aliphatic heterocycles. The van der Waals surface area contributed by atoms with Crippen LogP contribution in [-0.4, -0.2) is 49.2 Å². The number of carbonyl (C=O) groups is 1. The molecule has 4 heteroatoms. The molecule has 1 saturated heterocycles. The molecule has 0 spiro atoms. The Balaban J connectivity index is 1.92. The lowest BCUT2D eigenvalue weighted by molar-refractivity contribution is -0.136. The standard InChI is InChI=1S/C14H26N2O2/c1-3-16(11-7-5-4-6-8-11)14(17)13-9-12(18-2)10-15-13/h11-13,15H,3-10H2,1-2H3. The van der Waals surface area contributed by atoms with Crippen LogP contribution in [0.15, 0.2) is 0 Å². The first-order chi connectivity index (χ1) is 8.76. The monoisotopic (exact) mass is 254 g/mol. The van der Waals surface area contributed by atoms with Gasteiger partial charge in [0.2, 0.25) is 5.91 Å². The molecule has 0 aromatic carbocycles. The van der Waals surface area contributed by atoms with Gasteiger partial charge in [-0.1, -0.05) is 19.3 Å². The van der Waals surface area contributed by atoms with Crippen molar-refractivity contribution in [2.75, 3.05) is 20.2 Å². The van der Waals surface area contributed by atoms with Crippen LogP contribution >= 0.6 is 0 Å². The van der Waals surface area contributed by atoms with Crippen LogP contribution in [0.25, 0.3) is 0 Å². The van der Waals surface area contributed by atoms with Crippen LogP contribution in [-0.2, 0) is 9.53 Å².